The second kappa shape index (κ2) is 6.69. The van der Waals surface area contributed by atoms with E-state index in [0.29, 0.717) is 5.69 Å². The lowest BCUT2D eigenvalue weighted by molar-refractivity contribution is 0.108. The van der Waals surface area contributed by atoms with Gasteiger partial charge in [-0.05, 0) is 29.8 Å². The Morgan fingerprint density at radius 2 is 2.06 bits per heavy atom. The van der Waals surface area contributed by atoms with E-state index in [1.54, 1.807) is 12.1 Å². The van der Waals surface area contributed by atoms with Crippen LogP contribution in [0.5, 0.6) is 0 Å². The zero-order valence-electron chi connectivity index (χ0n) is 8.45. The Morgan fingerprint density at radius 3 is 2.65 bits per heavy atom. The maximum Gasteiger partial charge on any atom is 0.411 e. The second-order valence-electron chi connectivity index (χ2n) is 2.97. The molecule has 92 valence electrons. The average Bonchev–Trinajstić information content (AvgIpc) is 2.26. The first-order valence-corrected chi connectivity index (χ1v) is 5.76. The summed E-state index contributed by atoms with van der Waals surface area (Å²) in [6.45, 7) is -0.122. The standard InChI is InChI=1S/C10H8Cl3NO3/c11-8(12)5-17-10(16)14-7-3-1-2-6(4-7)9(13)15/h1-4,8H,5H2,(H,14,16). The van der Waals surface area contributed by atoms with Gasteiger partial charge in [0.25, 0.3) is 5.24 Å². The number of carbonyl (C=O) groups excluding carboxylic acids is 2. The number of hydrogen-bond donors (Lipinski definition) is 1. The summed E-state index contributed by atoms with van der Waals surface area (Å²) in [4.78, 5) is 21.3. The Bertz CT molecular complexity index is 423. The summed E-state index contributed by atoms with van der Waals surface area (Å²) in [5.74, 6) is 0. The summed E-state index contributed by atoms with van der Waals surface area (Å²) >= 11 is 16.1. The quantitative estimate of drug-likeness (QED) is 0.684. The van der Waals surface area contributed by atoms with E-state index in [1.165, 1.54) is 12.1 Å². The highest BCUT2D eigenvalue weighted by atomic mass is 35.5. The molecule has 1 N–H and O–H groups in total. The van der Waals surface area contributed by atoms with Gasteiger partial charge in [-0.1, -0.05) is 6.07 Å². The summed E-state index contributed by atoms with van der Waals surface area (Å²) in [6, 6.07) is 6.12. The van der Waals surface area contributed by atoms with E-state index < -0.39 is 16.2 Å². The van der Waals surface area contributed by atoms with Gasteiger partial charge in [-0.15, -0.1) is 23.2 Å². The molecule has 1 rings (SSSR count). The zero-order valence-corrected chi connectivity index (χ0v) is 10.7. The van der Waals surface area contributed by atoms with E-state index in [1.807, 2.05) is 0 Å². The number of anilines is 1. The number of hydrogen-bond acceptors (Lipinski definition) is 3. The maximum atomic E-state index is 11.2. The molecule has 1 aromatic rings. The molecule has 0 aliphatic carbocycles. The molecule has 0 aromatic heterocycles. The number of benzene rings is 1. The monoisotopic (exact) mass is 295 g/mol. The van der Waals surface area contributed by atoms with Crippen molar-refractivity contribution in [1.29, 1.82) is 0 Å². The van der Waals surface area contributed by atoms with Crippen molar-refractivity contribution in [3.8, 4) is 0 Å². The molecular formula is C10H8Cl3NO3. The Morgan fingerprint density at radius 1 is 1.35 bits per heavy atom. The van der Waals surface area contributed by atoms with E-state index in [2.05, 4.69) is 10.1 Å². The van der Waals surface area contributed by atoms with Crippen LogP contribution in [0.1, 0.15) is 10.4 Å². The number of amides is 1. The molecule has 1 amide bonds. The number of halogens is 3. The van der Waals surface area contributed by atoms with Crippen LogP contribution in [0.2, 0.25) is 0 Å². The molecule has 0 bridgehead atoms. The molecule has 0 unspecified atom stereocenters. The van der Waals surface area contributed by atoms with Crippen molar-refractivity contribution >= 4 is 51.8 Å². The van der Waals surface area contributed by atoms with Crippen LogP contribution in [0.15, 0.2) is 24.3 Å². The SMILES string of the molecule is O=C(Nc1cccc(C(=O)Cl)c1)OCC(Cl)Cl. The highest BCUT2D eigenvalue weighted by molar-refractivity contribution is 6.67. The van der Waals surface area contributed by atoms with Crippen molar-refractivity contribution < 1.29 is 14.3 Å². The summed E-state index contributed by atoms with van der Waals surface area (Å²) in [7, 11) is 0. The summed E-state index contributed by atoms with van der Waals surface area (Å²) < 4.78 is 4.68. The molecule has 0 radical (unpaired) electrons. The Kier molecular flexibility index (Phi) is 5.55. The van der Waals surface area contributed by atoms with Crippen molar-refractivity contribution in [3.05, 3.63) is 29.8 Å². The molecule has 0 heterocycles. The van der Waals surface area contributed by atoms with Crippen molar-refractivity contribution in [3.63, 3.8) is 0 Å². The zero-order chi connectivity index (χ0) is 12.8. The van der Waals surface area contributed by atoms with E-state index in [0.717, 1.165) is 0 Å². The smallest absolute Gasteiger partial charge is 0.411 e. The lowest BCUT2D eigenvalue weighted by atomic mass is 10.2. The highest BCUT2D eigenvalue weighted by Crippen LogP contribution is 2.13. The van der Waals surface area contributed by atoms with Gasteiger partial charge in [-0.25, -0.2) is 4.79 Å². The van der Waals surface area contributed by atoms with E-state index >= 15 is 0 Å². The number of carbonyl (C=O) groups is 2. The van der Waals surface area contributed by atoms with Gasteiger partial charge in [-0.3, -0.25) is 10.1 Å². The first-order valence-electron chi connectivity index (χ1n) is 4.51. The van der Waals surface area contributed by atoms with Crippen LogP contribution in [0.4, 0.5) is 10.5 Å². The fourth-order valence-corrected chi connectivity index (χ4v) is 1.26. The number of rotatable bonds is 4. The van der Waals surface area contributed by atoms with Gasteiger partial charge in [0.2, 0.25) is 0 Å². The predicted molar refractivity (Wildman–Crippen MR) is 67.1 cm³/mol. The summed E-state index contributed by atoms with van der Waals surface area (Å²) in [5, 5.41) is 1.80. The van der Waals surface area contributed by atoms with Gasteiger partial charge in [-0.2, -0.15) is 0 Å². The van der Waals surface area contributed by atoms with Crippen LogP contribution in [-0.4, -0.2) is 22.8 Å². The fourth-order valence-electron chi connectivity index (χ4n) is 1.01. The predicted octanol–water partition coefficient (Wildman–Crippen LogP) is 3.42. The van der Waals surface area contributed by atoms with Crippen molar-refractivity contribution in [2.45, 2.75) is 4.84 Å². The van der Waals surface area contributed by atoms with Gasteiger partial charge in [0, 0.05) is 11.3 Å². The highest BCUT2D eigenvalue weighted by Gasteiger charge is 2.08. The first-order chi connectivity index (χ1) is 7.99. The first kappa shape index (κ1) is 14.1. The molecule has 0 aliphatic rings. The van der Waals surface area contributed by atoms with E-state index in [4.69, 9.17) is 34.8 Å². The second-order valence-corrected chi connectivity index (χ2v) is 4.59. The normalized spacial score (nSPS) is 10.1. The van der Waals surface area contributed by atoms with Crippen LogP contribution < -0.4 is 5.32 Å². The summed E-state index contributed by atoms with van der Waals surface area (Å²) in [5.41, 5.74) is 0.666. The lowest BCUT2D eigenvalue weighted by Crippen LogP contribution is -2.17. The maximum absolute atomic E-state index is 11.2. The molecule has 0 atom stereocenters. The van der Waals surface area contributed by atoms with Gasteiger partial charge in [0.15, 0.2) is 0 Å². The molecule has 17 heavy (non-hydrogen) atoms. The Labute approximate surface area is 113 Å². The minimum atomic E-state index is -0.781. The van der Waals surface area contributed by atoms with Crippen LogP contribution in [-0.2, 0) is 4.74 Å². The molecular weight excluding hydrogens is 288 g/mol. The molecule has 0 fully saturated rings. The van der Waals surface area contributed by atoms with E-state index in [9.17, 15) is 9.59 Å². The molecule has 4 nitrogen and oxygen atoms in total. The van der Waals surface area contributed by atoms with Crippen molar-refractivity contribution in [2.75, 3.05) is 11.9 Å². The fraction of sp³-hybridized carbons (Fsp3) is 0.200. The molecule has 0 aliphatic heterocycles. The third kappa shape index (κ3) is 5.26. The molecule has 0 saturated heterocycles. The minimum absolute atomic E-state index is 0.122. The molecule has 0 saturated carbocycles. The topological polar surface area (TPSA) is 55.4 Å². The molecule has 7 heteroatoms. The number of ether oxygens (including phenoxy) is 1. The van der Waals surface area contributed by atoms with Gasteiger partial charge >= 0.3 is 6.09 Å². The Hall–Kier alpha value is -0.970. The third-order valence-electron chi connectivity index (χ3n) is 1.68. The van der Waals surface area contributed by atoms with Crippen molar-refractivity contribution in [2.24, 2.45) is 0 Å². The lowest BCUT2D eigenvalue weighted by Gasteiger charge is -2.07. The van der Waals surface area contributed by atoms with Crippen LogP contribution in [0.3, 0.4) is 0 Å². The minimum Gasteiger partial charge on any atom is -0.446 e. The average molecular weight is 297 g/mol. The van der Waals surface area contributed by atoms with Gasteiger partial charge < -0.3 is 4.74 Å². The third-order valence-corrected chi connectivity index (χ3v) is 2.15. The Balaban J connectivity index is 2.59. The van der Waals surface area contributed by atoms with Gasteiger partial charge in [0.05, 0.1) is 0 Å². The van der Waals surface area contributed by atoms with E-state index in [-0.39, 0.29) is 12.2 Å². The van der Waals surface area contributed by atoms with Crippen LogP contribution >= 0.6 is 34.8 Å². The largest absolute Gasteiger partial charge is 0.446 e. The number of alkyl halides is 2. The van der Waals surface area contributed by atoms with Crippen molar-refractivity contribution in [1.82, 2.24) is 0 Å². The molecule has 1 aromatic carbocycles. The molecule has 0 spiro atoms. The van der Waals surface area contributed by atoms with Crippen LogP contribution in [0, 0.1) is 0 Å². The summed E-state index contributed by atoms with van der Waals surface area (Å²) in [6.07, 6.45) is -0.713. The van der Waals surface area contributed by atoms with Gasteiger partial charge in [0.1, 0.15) is 11.4 Å². The number of nitrogens with one attached hydrogen (secondary N) is 1. The van der Waals surface area contributed by atoms with Crippen LogP contribution in [0.25, 0.3) is 0 Å².